The van der Waals surface area contributed by atoms with Crippen LogP contribution in [0, 0.1) is 12.7 Å². The molecule has 6 nitrogen and oxygen atoms in total. The van der Waals surface area contributed by atoms with Crippen molar-refractivity contribution in [2.75, 3.05) is 17.2 Å². The molecule has 2 N–H and O–H groups in total. The average molecular weight is 281 g/mol. The third kappa shape index (κ3) is 3.02. The molecule has 0 unspecified atom stereocenters. The normalized spacial score (nSPS) is 10.3. The van der Waals surface area contributed by atoms with Gasteiger partial charge in [0.15, 0.2) is 11.6 Å². The molecule has 1 amide bonds. The lowest BCUT2D eigenvalue weighted by Gasteiger charge is -2.07. The predicted molar refractivity (Wildman–Crippen MR) is 71.0 cm³/mol. The van der Waals surface area contributed by atoms with Crippen LogP contribution in [0.1, 0.15) is 23.1 Å². The van der Waals surface area contributed by atoms with Crippen molar-refractivity contribution in [3.63, 3.8) is 0 Å². The fraction of sp³-hybridized carbons (Fsp3) is 0.273. The number of halogens is 1. The number of nitrogens with zero attached hydrogens (tertiary/aromatic N) is 3. The maximum atomic E-state index is 14.0. The number of aromatic nitrogens is 3. The molecular weight excluding hydrogens is 269 g/mol. The second-order valence-electron chi connectivity index (χ2n) is 3.65. The van der Waals surface area contributed by atoms with Gasteiger partial charge in [-0.25, -0.2) is 14.4 Å². The minimum atomic E-state index is -0.678. The van der Waals surface area contributed by atoms with Crippen molar-refractivity contribution < 1.29 is 9.18 Å². The molecule has 100 valence electrons. The highest BCUT2D eigenvalue weighted by atomic mass is 32.1. The molecule has 0 saturated carbocycles. The fourth-order valence-electron chi connectivity index (χ4n) is 1.42. The van der Waals surface area contributed by atoms with Gasteiger partial charge in [0.25, 0.3) is 5.91 Å². The second kappa shape index (κ2) is 5.70. The Hall–Kier alpha value is -2.09. The summed E-state index contributed by atoms with van der Waals surface area (Å²) >= 11 is 1.05. The van der Waals surface area contributed by atoms with E-state index in [4.69, 9.17) is 0 Å². The molecule has 19 heavy (non-hydrogen) atoms. The van der Waals surface area contributed by atoms with Crippen molar-refractivity contribution in [3.8, 4) is 0 Å². The van der Waals surface area contributed by atoms with Crippen molar-refractivity contribution in [2.45, 2.75) is 13.8 Å². The van der Waals surface area contributed by atoms with Gasteiger partial charge in [-0.1, -0.05) is 0 Å². The molecule has 8 heteroatoms. The van der Waals surface area contributed by atoms with E-state index < -0.39 is 11.7 Å². The van der Waals surface area contributed by atoms with Crippen LogP contribution in [0.3, 0.4) is 0 Å². The quantitative estimate of drug-likeness (QED) is 0.896. The molecule has 2 heterocycles. The van der Waals surface area contributed by atoms with Crippen molar-refractivity contribution >= 4 is 28.4 Å². The highest BCUT2D eigenvalue weighted by molar-refractivity contribution is 7.09. The van der Waals surface area contributed by atoms with Crippen molar-refractivity contribution in [1.29, 1.82) is 0 Å². The van der Waals surface area contributed by atoms with Crippen LogP contribution in [0.15, 0.2) is 12.3 Å². The largest absolute Gasteiger partial charge is 0.368 e. The van der Waals surface area contributed by atoms with E-state index in [0.717, 1.165) is 11.5 Å². The first-order chi connectivity index (χ1) is 9.11. The van der Waals surface area contributed by atoms with Crippen LogP contribution in [0.2, 0.25) is 0 Å². The molecule has 0 spiro atoms. The number of nitrogens with one attached hydrogen (secondary N) is 2. The van der Waals surface area contributed by atoms with Crippen molar-refractivity contribution in [2.24, 2.45) is 0 Å². The van der Waals surface area contributed by atoms with Gasteiger partial charge in [0.2, 0.25) is 5.13 Å². The Balaban J connectivity index is 2.21. The molecule has 2 rings (SSSR count). The number of carbonyl (C=O) groups is 1. The van der Waals surface area contributed by atoms with Crippen LogP contribution >= 0.6 is 11.5 Å². The number of aryl methyl sites for hydroxylation is 1. The summed E-state index contributed by atoms with van der Waals surface area (Å²) in [6, 6.07) is 1.32. The SMILES string of the molecule is CCNc1nccc(C(=O)Nc2nc(C)ns2)c1F. The minimum Gasteiger partial charge on any atom is -0.368 e. The Bertz CT molecular complexity index is 601. The van der Waals surface area contributed by atoms with E-state index in [9.17, 15) is 9.18 Å². The number of rotatable bonds is 4. The lowest BCUT2D eigenvalue weighted by atomic mass is 10.2. The van der Waals surface area contributed by atoms with E-state index in [1.54, 1.807) is 6.92 Å². The standard InChI is InChI=1S/C11H12FN5OS/c1-3-13-9-8(12)7(4-5-14-9)10(18)16-11-15-6(2)17-19-11/h4-5H,3H2,1-2H3,(H,13,14)(H,15,16,17,18). The third-order valence-corrected chi connectivity index (χ3v) is 2.95. The Morgan fingerprint density at radius 3 is 2.95 bits per heavy atom. The second-order valence-corrected chi connectivity index (χ2v) is 4.40. The maximum Gasteiger partial charge on any atom is 0.260 e. The summed E-state index contributed by atoms with van der Waals surface area (Å²) < 4.78 is 17.9. The zero-order chi connectivity index (χ0) is 13.8. The molecule has 0 aliphatic rings. The number of hydrogen-bond acceptors (Lipinski definition) is 6. The predicted octanol–water partition coefficient (Wildman–Crippen LogP) is 2.06. The highest BCUT2D eigenvalue weighted by Crippen LogP contribution is 2.17. The lowest BCUT2D eigenvalue weighted by Crippen LogP contribution is -2.15. The summed E-state index contributed by atoms with van der Waals surface area (Å²) in [6.45, 7) is 4.05. The van der Waals surface area contributed by atoms with E-state index in [2.05, 4.69) is 25.0 Å². The van der Waals surface area contributed by atoms with Gasteiger partial charge in [-0.2, -0.15) is 4.37 Å². The molecule has 0 aromatic carbocycles. The zero-order valence-corrected chi connectivity index (χ0v) is 11.2. The van der Waals surface area contributed by atoms with E-state index in [1.165, 1.54) is 12.3 Å². The summed E-state index contributed by atoms with van der Waals surface area (Å²) in [7, 11) is 0. The molecule has 2 aromatic heterocycles. The number of anilines is 2. The van der Waals surface area contributed by atoms with Gasteiger partial charge < -0.3 is 5.32 Å². The summed E-state index contributed by atoms with van der Waals surface area (Å²) in [5, 5.41) is 5.58. The smallest absolute Gasteiger partial charge is 0.260 e. The molecular formula is C11H12FN5OS. The monoisotopic (exact) mass is 281 g/mol. The molecule has 0 radical (unpaired) electrons. The average Bonchev–Trinajstić information content (AvgIpc) is 2.77. The van der Waals surface area contributed by atoms with Crippen LogP contribution in [0.4, 0.5) is 15.3 Å². The van der Waals surface area contributed by atoms with Gasteiger partial charge in [-0.05, 0) is 19.9 Å². The zero-order valence-electron chi connectivity index (χ0n) is 10.4. The Labute approximate surface area is 113 Å². The van der Waals surface area contributed by atoms with E-state index in [-0.39, 0.29) is 11.4 Å². The minimum absolute atomic E-state index is 0.0589. The molecule has 0 aliphatic carbocycles. The Morgan fingerprint density at radius 2 is 2.32 bits per heavy atom. The fourth-order valence-corrected chi connectivity index (χ4v) is 1.99. The van der Waals surface area contributed by atoms with Crippen LogP contribution in [0.5, 0.6) is 0 Å². The Kier molecular flexibility index (Phi) is 4.00. The summed E-state index contributed by atoms with van der Waals surface area (Å²) in [5.41, 5.74) is -0.0844. The van der Waals surface area contributed by atoms with Crippen LogP contribution in [-0.2, 0) is 0 Å². The summed E-state index contributed by atoms with van der Waals surface area (Å²) in [4.78, 5) is 19.7. The maximum absolute atomic E-state index is 14.0. The summed E-state index contributed by atoms with van der Waals surface area (Å²) in [5.74, 6) is -0.634. The van der Waals surface area contributed by atoms with Gasteiger partial charge in [0, 0.05) is 24.3 Å². The molecule has 2 aromatic rings. The number of pyridine rings is 1. The molecule has 0 bridgehead atoms. The third-order valence-electron chi connectivity index (χ3n) is 2.23. The number of carbonyl (C=O) groups excluding carboxylic acids is 1. The van der Waals surface area contributed by atoms with Crippen LogP contribution in [0.25, 0.3) is 0 Å². The highest BCUT2D eigenvalue weighted by Gasteiger charge is 2.17. The van der Waals surface area contributed by atoms with Crippen LogP contribution in [-0.4, -0.2) is 26.8 Å². The van der Waals surface area contributed by atoms with Crippen molar-refractivity contribution in [3.05, 3.63) is 29.5 Å². The van der Waals surface area contributed by atoms with E-state index >= 15 is 0 Å². The Morgan fingerprint density at radius 1 is 1.53 bits per heavy atom. The first kappa shape index (κ1) is 13.3. The van der Waals surface area contributed by atoms with Gasteiger partial charge in [0.1, 0.15) is 5.82 Å². The van der Waals surface area contributed by atoms with Gasteiger partial charge >= 0.3 is 0 Å². The molecule has 0 atom stereocenters. The molecule has 0 fully saturated rings. The van der Waals surface area contributed by atoms with Crippen LogP contribution < -0.4 is 10.6 Å². The first-order valence-electron chi connectivity index (χ1n) is 5.62. The van der Waals surface area contributed by atoms with Gasteiger partial charge in [-0.15, -0.1) is 0 Å². The van der Waals surface area contributed by atoms with Gasteiger partial charge in [0.05, 0.1) is 5.56 Å². The molecule has 0 aliphatic heterocycles. The summed E-state index contributed by atoms with van der Waals surface area (Å²) in [6.07, 6.45) is 1.38. The first-order valence-corrected chi connectivity index (χ1v) is 6.39. The lowest BCUT2D eigenvalue weighted by molar-refractivity contribution is 0.102. The van der Waals surface area contributed by atoms with E-state index in [0.29, 0.717) is 17.5 Å². The van der Waals surface area contributed by atoms with E-state index in [1.807, 2.05) is 6.92 Å². The number of hydrogen-bond donors (Lipinski definition) is 2. The van der Waals surface area contributed by atoms with Crippen molar-refractivity contribution in [1.82, 2.24) is 14.3 Å². The topological polar surface area (TPSA) is 79.8 Å². The number of amides is 1. The molecule has 0 saturated heterocycles. The van der Waals surface area contributed by atoms with Gasteiger partial charge in [-0.3, -0.25) is 10.1 Å².